The van der Waals surface area contributed by atoms with Crippen LogP contribution in [0.4, 0.5) is 0 Å². The predicted molar refractivity (Wildman–Crippen MR) is 168 cm³/mol. The van der Waals surface area contributed by atoms with Gasteiger partial charge in [0, 0.05) is 61.1 Å². The van der Waals surface area contributed by atoms with Crippen molar-refractivity contribution in [1.29, 1.82) is 0 Å². The van der Waals surface area contributed by atoms with E-state index in [1.54, 1.807) is 30.2 Å². The second kappa shape index (κ2) is 17.0. The smallest absolute Gasteiger partial charge is 0.253 e. The Balaban J connectivity index is 1.86. The first-order chi connectivity index (χ1) is 21.2. The first-order valence-corrected chi connectivity index (χ1v) is 14.8. The monoisotopic (exact) mass is 605 g/mol. The largest absolute Gasteiger partial charge is 0.497 e. The molecule has 3 aromatic rings. The lowest BCUT2D eigenvalue weighted by Crippen LogP contribution is -2.48. The van der Waals surface area contributed by atoms with E-state index in [1.165, 1.54) is 25.3 Å². The molecule has 0 spiro atoms. The molecule has 2 aromatic carbocycles. The van der Waals surface area contributed by atoms with E-state index in [0.717, 1.165) is 24.2 Å². The lowest BCUT2D eigenvalue weighted by Gasteiger charge is -2.25. The maximum absolute atomic E-state index is 13.6. The number of carbonyl (C=O) groups is 3. The molecule has 0 radical (unpaired) electrons. The molecule has 1 aromatic heterocycles. The Labute approximate surface area is 258 Å². The third-order valence-corrected chi connectivity index (χ3v) is 7.02. The van der Waals surface area contributed by atoms with Crippen LogP contribution in [0.1, 0.15) is 69.0 Å². The van der Waals surface area contributed by atoms with Crippen LogP contribution in [-0.2, 0) is 13.0 Å². The van der Waals surface area contributed by atoms with E-state index in [0.29, 0.717) is 31.2 Å². The van der Waals surface area contributed by atoms with E-state index in [4.69, 9.17) is 15.2 Å². The van der Waals surface area contributed by atoms with Gasteiger partial charge in [0.15, 0.2) is 0 Å². The summed E-state index contributed by atoms with van der Waals surface area (Å²) in [6.07, 6.45) is 0.687. The van der Waals surface area contributed by atoms with Crippen LogP contribution in [0.2, 0.25) is 0 Å². The topological polar surface area (TPSA) is 156 Å². The first-order valence-electron chi connectivity index (χ1n) is 14.8. The van der Waals surface area contributed by atoms with Gasteiger partial charge in [-0.3, -0.25) is 14.4 Å². The summed E-state index contributed by atoms with van der Waals surface area (Å²) in [5.74, 6) is -0.490. The number of hydrogen-bond acceptors (Lipinski definition) is 8. The van der Waals surface area contributed by atoms with Gasteiger partial charge in [-0.15, -0.1) is 0 Å². The highest BCUT2D eigenvalue weighted by Crippen LogP contribution is 2.16. The molecule has 11 nitrogen and oxygen atoms in total. The van der Waals surface area contributed by atoms with E-state index in [9.17, 15) is 19.5 Å². The number of methoxy groups -OCH3 is 2. The van der Waals surface area contributed by atoms with E-state index < -0.39 is 24.0 Å². The molecular formula is C33H43N5O6. The number of aliphatic hydroxyl groups excluding tert-OH is 1. The van der Waals surface area contributed by atoms with Crippen LogP contribution in [0.3, 0.4) is 0 Å². The lowest BCUT2D eigenvalue weighted by molar-refractivity contribution is 0.0755. The number of primary amides is 1. The fourth-order valence-electron chi connectivity index (χ4n) is 4.80. The Morgan fingerprint density at radius 3 is 2.27 bits per heavy atom. The lowest BCUT2D eigenvalue weighted by atomic mass is 10.0. The first kappa shape index (κ1) is 34.0. The Kier molecular flexibility index (Phi) is 13.1. The van der Waals surface area contributed by atoms with Crippen LogP contribution in [0.5, 0.6) is 11.6 Å². The number of rotatable bonds is 17. The highest BCUT2D eigenvalue weighted by Gasteiger charge is 2.25. The molecular weight excluding hydrogens is 562 g/mol. The fraction of sp³-hybridized carbons (Fsp3) is 0.394. The van der Waals surface area contributed by atoms with Crippen LogP contribution in [0.25, 0.3) is 0 Å². The molecule has 236 valence electrons. The van der Waals surface area contributed by atoms with Gasteiger partial charge < -0.3 is 35.8 Å². The predicted octanol–water partition coefficient (Wildman–Crippen LogP) is 2.95. The van der Waals surface area contributed by atoms with Gasteiger partial charge in [-0.1, -0.05) is 32.0 Å². The molecule has 2 atom stereocenters. The van der Waals surface area contributed by atoms with Gasteiger partial charge in [-0.2, -0.15) is 0 Å². The molecule has 3 rings (SSSR count). The average molecular weight is 606 g/mol. The Hall–Kier alpha value is -4.48. The number of amides is 3. The summed E-state index contributed by atoms with van der Waals surface area (Å²) in [6, 6.07) is 16.3. The van der Waals surface area contributed by atoms with E-state index in [-0.39, 0.29) is 35.6 Å². The second-order valence-electron chi connectivity index (χ2n) is 10.5. The van der Waals surface area contributed by atoms with E-state index in [2.05, 4.69) is 15.6 Å². The Morgan fingerprint density at radius 2 is 1.61 bits per heavy atom. The maximum atomic E-state index is 13.6. The van der Waals surface area contributed by atoms with Crippen LogP contribution < -0.4 is 25.8 Å². The molecule has 5 N–H and O–H groups in total. The SMILES string of the molecule is CCCN(CCC)C(=O)c1cc(C(N)=O)cc(C(=O)N[C@@H](Cc2cccc(OC)n2)[C@H](O)CNCc2cccc(OC)c2)c1. The van der Waals surface area contributed by atoms with Crippen LogP contribution in [-0.4, -0.2) is 78.7 Å². The molecule has 44 heavy (non-hydrogen) atoms. The molecule has 0 saturated heterocycles. The number of pyridine rings is 1. The quantitative estimate of drug-likeness (QED) is 0.183. The van der Waals surface area contributed by atoms with Crippen molar-refractivity contribution in [2.24, 2.45) is 5.73 Å². The minimum Gasteiger partial charge on any atom is -0.497 e. The number of nitrogens with zero attached hydrogens (tertiary/aromatic N) is 2. The zero-order chi connectivity index (χ0) is 32.1. The average Bonchev–Trinajstić information content (AvgIpc) is 3.03. The molecule has 11 heteroatoms. The molecule has 0 aliphatic rings. The van der Waals surface area contributed by atoms with Gasteiger partial charge in [0.1, 0.15) is 5.75 Å². The molecule has 0 fully saturated rings. The molecule has 0 saturated carbocycles. The van der Waals surface area contributed by atoms with Crippen LogP contribution in [0, 0.1) is 0 Å². The van der Waals surface area contributed by atoms with Crippen molar-refractivity contribution in [3.63, 3.8) is 0 Å². The Morgan fingerprint density at radius 1 is 0.932 bits per heavy atom. The second-order valence-corrected chi connectivity index (χ2v) is 10.5. The summed E-state index contributed by atoms with van der Waals surface area (Å²) in [7, 11) is 3.11. The summed E-state index contributed by atoms with van der Waals surface area (Å²) in [5, 5.41) is 17.4. The standard InChI is InChI=1S/C33H43N5O6/c1-5-13-38(14-6-2)33(42)25-17-23(31(34)40)16-24(18-25)32(41)37-28(19-26-10-8-12-30(36-26)44-4)29(39)21-35-20-22-9-7-11-27(15-22)43-3/h7-12,15-18,28-29,35,39H,5-6,13-14,19-21H2,1-4H3,(H2,34,40)(H,37,41)/t28-,29+/m0/s1. The fourth-order valence-corrected chi connectivity index (χ4v) is 4.80. The van der Waals surface area contributed by atoms with Crippen molar-refractivity contribution in [3.8, 4) is 11.6 Å². The van der Waals surface area contributed by atoms with Gasteiger partial charge in [0.25, 0.3) is 11.8 Å². The third kappa shape index (κ3) is 9.78. The molecule has 1 heterocycles. The van der Waals surface area contributed by atoms with Gasteiger partial charge >= 0.3 is 0 Å². The molecule has 0 bridgehead atoms. The zero-order valence-electron chi connectivity index (χ0n) is 25.8. The minimum atomic E-state index is -1.03. The number of nitrogens with one attached hydrogen (secondary N) is 2. The summed E-state index contributed by atoms with van der Waals surface area (Å²) in [4.78, 5) is 45.3. The summed E-state index contributed by atoms with van der Waals surface area (Å²) in [6.45, 7) is 5.65. The highest BCUT2D eigenvalue weighted by molar-refractivity contribution is 6.04. The van der Waals surface area contributed by atoms with Gasteiger partial charge in [-0.05, 0) is 54.8 Å². The van der Waals surface area contributed by atoms with E-state index >= 15 is 0 Å². The number of carbonyl (C=O) groups excluding carboxylic acids is 3. The third-order valence-electron chi connectivity index (χ3n) is 7.02. The van der Waals surface area contributed by atoms with Crippen LogP contribution >= 0.6 is 0 Å². The number of benzene rings is 2. The van der Waals surface area contributed by atoms with Crippen molar-refractivity contribution in [1.82, 2.24) is 20.5 Å². The maximum Gasteiger partial charge on any atom is 0.253 e. The Bertz CT molecular complexity index is 1410. The number of nitrogens with two attached hydrogens (primary N) is 1. The van der Waals surface area contributed by atoms with Crippen LogP contribution in [0.15, 0.2) is 60.7 Å². The molecule has 3 amide bonds. The van der Waals surface area contributed by atoms with Crippen molar-refractivity contribution in [2.75, 3.05) is 33.9 Å². The normalized spacial score (nSPS) is 12.2. The zero-order valence-corrected chi connectivity index (χ0v) is 25.8. The van der Waals surface area contributed by atoms with Crippen molar-refractivity contribution < 1.29 is 29.0 Å². The molecule has 0 unspecified atom stereocenters. The van der Waals surface area contributed by atoms with E-state index in [1.807, 2.05) is 38.1 Å². The van der Waals surface area contributed by atoms with Gasteiger partial charge in [0.2, 0.25) is 11.8 Å². The van der Waals surface area contributed by atoms with Crippen molar-refractivity contribution >= 4 is 17.7 Å². The number of aliphatic hydroxyl groups is 1. The van der Waals surface area contributed by atoms with Crippen molar-refractivity contribution in [3.05, 3.63) is 88.6 Å². The number of aromatic nitrogens is 1. The van der Waals surface area contributed by atoms with Gasteiger partial charge in [-0.25, -0.2) is 4.98 Å². The summed E-state index contributed by atoms with van der Waals surface area (Å²) in [5.41, 5.74) is 7.45. The number of ether oxygens (including phenoxy) is 2. The summed E-state index contributed by atoms with van der Waals surface area (Å²) >= 11 is 0. The van der Waals surface area contributed by atoms with Gasteiger partial charge in [0.05, 0.1) is 26.4 Å². The highest BCUT2D eigenvalue weighted by atomic mass is 16.5. The molecule has 0 aliphatic heterocycles. The minimum absolute atomic E-state index is 0.0421. The van der Waals surface area contributed by atoms with Crippen molar-refractivity contribution in [2.45, 2.75) is 51.8 Å². The summed E-state index contributed by atoms with van der Waals surface area (Å²) < 4.78 is 10.5. The number of hydrogen-bond donors (Lipinski definition) is 4. The molecule has 0 aliphatic carbocycles.